The van der Waals surface area contributed by atoms with Crippen LogP contribution in [0.1, 0.15) is 31.7 Å². The molecule has 0 saturated carbocycles. The molecule has 24 heavy (non-hydrogen) atoms. The Morgan fingerprint density at radius 1 is 1.08 bits per heavy atom. The average Bonchev–Trinajstić information content (AvgIpc) is 2.60. The van der Waals surface area contributed by atoms with Crippen LogP contribution < -0.4 is 14.8 Å². The second-order valence-corrected chi connectivity index (χ2v) is 5.71. The molecule has 1 aliphatic heterocycles. The number of rotatable bonds is 5. The van der Waals surface area contributed by atoms with Crippen LogP contribution in [-0.2, 0) is 9.59 Å². The van der Waals surface area contributed by atoms with Gasteiger partial charge >= 0.3 is 0 Å². The molecule has 0 radical (unpaired) electrons. The van der Waals surface area contributed by atoms with Crippen LogP contribution in [0.25, 0.3) is 6.08 Å². The standard InChI is InChI=1S/C18H24N2O4/c1-13(21)19-15(18(22)20-9-5-4-6-10-20)11-14-7-8-16(23-2)17(12-14)24-3/h7-8,11-12H,4-6,9-10H2,1-3H3,(H,19,21). The molecule has 1 aromatic rings. The number of methoxy groups -OCH3 is 2. The van der Waals surface area contributed by atoms with Gasteiger partial charge in [-0.2, -0.15) is 0 Å². The van der Waals surface area contributed by atoms with Crippen LogP contribution in [-0.4, -0.2) is 44.0 Å². The van der Waals surface area contributed by atoms with E-state index in [9.17, 15) is 9.59 Å². The smallest absolute Gasteiger partial charge is 0.270 e. The lowest BCUT2D eigenvalue weighted by Crippen LogP contribution is -2.40. The number of piperidine rings is 1. The molecule has 130 valence electrons. The Hall–Kier alpha value is -2.50. The van der Waals surface area contributed by atoms with E-state index in [1.165, 1.54) is 6.92 Å². The first-order chi connectivity index (χ1) is 11.5. The average molecular weight is 332 g/mol. The third-order valence-electron chi connectivity index (χ3n) is 3.90. The molecule has 0 bridgehead atoms. The number of nitrogens with one attached hydrogen (secondary N) is 1. The van der Waals surface area contributed by atoms with Gasteiger partial charge in [-0.05, 0) is 43.0 Å². The molecule has 1 N–H and O–H groups in total. The molecule has 1 aliphatic rings. The van der Waals surface area contributed by atoms with Gasteiger partial charge in [-0.25, -0.2) is 0 Å². The third-order valence-corrected chi connectivity index (χ3v) is 3.90. The molecule has 2 amide bonds. The van der Waals surface area contributed by atoms with E-state index < -0.39 is 0 Å². The number of likely N-dealkylation sites (tertiary alicyclic amines) is 1. The van der Waals surface area contributed by atoms with Crippen molar-refractivity contribution in [2.24, 2.45) is 0 Å². The van der Waals surface area contributed by atoms with Crippen LogP contribution in [0.15, 0.2) is 23.9 Å². The summed E-state index contributed by atoms with van der Waals surface area (Å²) >= 11 is 0. The minimum atomic E-state index is -0.271. The van der Waals surface area contributed by atoms with Crippen molar-refractivity contribution in [3.8, 4) is 11.5 Å². The maximum Gasteiger partial charge on any atom is 0.270 e. The summed E-state index contributed by atoms with van der Waals surface area (Å²) < 4.78 is 10.5. The molecular formula is C18H24N2O4. The largest absolute Gasteiger partial charge is 0.493 e. The van der Waals surface area contributed by atoms with E-state index in [-0.39, 0.29) is 17.5 Å². The number of carbonyl (C=O) groups is 2. The Bertz CT molecular complexity index is 634. The van der Waals surface area contributed by atoms with Crippen LogP contribution in [0.5, 0.6) is 11.5 Å². The molecule has 1 heterocycles. The number of carbonyl (C=O) groups excluding carboxylic acids is 2. The molecule has 6 heteroatoms. The molecule has 2 rings (SSSR count). The first-order valence-corrected chi connectivity index (χ1v) is 8.05. The van der Waals surface area contributed by atoms with Crippen molar-refractivity contribution in [2.75, 3.05) is 27.3 Å². The summed E-state index contributed by atoms with van der Waals surface area (Å²) in [6.07, 6.45) is 4.80. The second-order valence-electron chi connectivity index (χ2n) is 5.71. The van der Waals surface area contributed by atoms with Crippen molar-refractivity contribution in [2.45, 2.75) is 26.2 Å². The quantitative estimate of drug-likeness (QED) is 0.839. The fourth-order valence-corrected chi connectivity index (χ4v) is 2.72. The number of ether oxygens (including phenoxy) is 2. The van der Waals surface area contributed by atoms with Gasteiger partial charge in [0.05, 0.1) is 14.2 Å². The molecular weight excluding hydrogens is 308 g/mol. The van der Waals surface area contributed by atoms with Gasteiger partial charge in [0.25, 0.3) is 5.91 Å². The van der Waals surface area contributed by atoms with Gasteiger partial charge in [0, 0.05) is 20.0 Å². The zero-order chi connectivity index (χ0) is 17.5. The third kappa shape index (κ3) is 4.50. The van der Waals surface area contributed by atoms with Crippen LogP contribution in [0.3, 0.4) is 0 Å². The van der Waals surface area contributed by atoms with Crippen LogP contribution in [0, 0.1) is 0 Å². The molecule has 0 atom stereocenters. The first-order valence-electron chi connectivity index (χ1n) is 8.05. The number of amides is 2. The minimum Gasteiger partial charge on any atom is -0.493 e. The summed E-state index contributed by atoms with van der Waals surface area (Å²) in [5.41, 5.74) is 1.03. The summed E-state index contributed by atoms with van der Waals surface area (Å²) in [6.45, 7) is 2.84. The summed E-state index contributed by atoms with van der Waals surface area (Å²) in [5, 5.41) is 2.65. The Morgan fingerprint density at radius 2 is 1.75 bits per heavy atom. The van der Waals surface area contributed by atoms with E-state index in [1.54, 1.807) is 37.3 Å². The highest BCUT2D eigenvalue weighted by Gasteiger charge is 2.21. The lowest BCUT2D eigenvalue weighted by molar-refractivity contribution is -0.130. The zero-order valence-corrected chi connectivity index (χ0v) is 14.4. The van der Waals surface area contributed by atoms with Crippen molar-refractivity contribution in [3.05, 3.63) is 29.5 Å². The minimum absolute atomic E-state index is 0.153. The lowest BCUT2D eigenvalue weighted by Gasteiger charge is -2.27. The van der Waals surface area contributed by atoms with Crippen LogP contribution in [0.4, 0.5) is 0 Å². The van der Waals surface area contributed by atoms with Gasteiger partial charge in [-0.15, -0.1) is 0 Å². The maximum atomic E-state index is 12.7. The molecule has 0 spiro atoms. The highest BCUT2D eigenvalue weighted by molar-refractivity contribution is 6.01. The Labute approximate surface area is 142 Å². The predicted octanol–water partition coefficient (Wildman–Crippen LogP) is 2.19. The van der Waals surface area contributed by atoms with E-state index >= 15 is 0 Å². The van der Waals surface area contributed by atoms with E-state index in [1.807, 2.05) is 6.07 Å². The number of benzene rings is 1. The number of hydrogen-bond acceptors (Lipinski definition) is 4. The maximum absolute atomic E-state index is 12.7. The second kappa shape index (κ2) is 8.38. The highest BCUT2D eigenvalue weighted by atomic mass is 16.5. The summed E-state index contributed by atoms with van der Waals surface area (Å²) in [6, 6.07) is 5.35. The first kappa shape index (κ1) is 17.8. The van der Waals surface area contributed by atoms with E-state index in [2.05, 4.69) is 5.32 Å². The number of nitrogens with zero attached hydrogens (tertiary/aromatic N) is 1. The van der Waals surface area contributed by atoms with Crippen molar-refractivity contribution < 1.29 is 19.1 Å². The SMILES string of the molecule is COc1ccc(C=C(NC(C)=O)C(=O)N2CCCCC2)cc1OC. The topological polar surface area (TPSA) is 67.9 Å². The Kier molecular flexibility index (Phi) is 6.23. The Balaban J connectivity index is 2.30. The van der Waals surface area contributed by atoms with Gasteiger partial charge in [0.15, 0.2) is 11.5 Å². The molecule has 0 aromatic heterocycles. The van der Waals surface area contributed by atoms with Gasteiger partial charge in [-0.1, -0.05) is 6.07 Å². The van der Waals surface area contributed by atoms with Gasteiger partial charge in [0.2, 0.25) is 5.91 Å². The summed E-state index contributed by atoms with van der Waals surface area (Å²) in [7, 11) is 3.12. The fraction of sp³-hybridized carbons (Fsp3) is 0.444. The highest BCUT2D eigenvalue weighted by Crippen LogP contribution is 2.28. The molecule has 6 nitrogen and oxygen atoms in total. The molecule has 1 saturated heterocycles. The summed E-state index contributed by atoms with van der Waals surface area (Å²) in [5.74, 6) is 0.753. The van der Waals surface area contributed by atoms with Crippen molar-refractivity contribution in [3.63, 3.8) is 0 Å². The van der Waals surface area contributed by atoms with E-state index in [0.29, 0.717) is 11.5 Å². The van der Waals surface area contributed by atoms with Crippen molar-refractivity contribution >= 4 is 17.9 Å². The van der Waals surface area contributed by atoms with Gasteiger partial charge < -0.3 is 19.7 Å². The van der Waals surface area contributed by atoms with Gasteiger partial charge in [0.1, 0.15) is 5.70 Å². The molecule has 1 aromatic carbocycles. The summed E-state index contributed by atoms with van der Waals surface area (Å²) in [4.78, 5) is 26.0. The molecule has 1 fully saturated rings. The Morgan fingerprint density at radius 3 is 2.33 bits per heavy atom. The lowest BCUT2D eigenvalue weighted by atomic mass is 10.1. The van der Waals surface area contributed by atoms with Gasteiger partial charge in [-0.3, -0.25) is 9.59 Å². The number of hydrogen-bond donors (Lipinski definition) is 1. The fourth-order valence-electron chi connectivity index (χ4n) is 2.72. The monoisotopic (exact) mass is 332 g/mol. The van der Waals surface area contributed by atoms with Crippen molar-refractivity contribution in [1.29, 1.82) is 0 Å². The molecule has 0 aliphatic carbocycles. The predicted molar refractivity (Wildman–Crippen MR) is 91.8 cm³/mol. The van der Waals surface area contributed by atoms with Crippen molar-refractivity contribution in [1.82, 2.24) is 10.2 Å². The van der Waals surface area contributed by atoms with Crippen LogP contribution >= 0.6 is 0 Å². The normalized spacial score (nSPS) is 15.0. The van der Waals surface area contributed by atoms with Crippen LogP contribution in [0.2, 0.25) is 0 Å². The van der Waals surface area contributed by atoms with E-state index in [0.717, 1.165) is 37.9 Å². The zero-order valence-electron chi connectivity index (χ0n) is 14.4. The van der Waals surface area contributed by atoms with E-state index in [4.69, 9.17) is 9.47 Å². The molecule has 0 unspecified atom stereocenters.